The van der Waals surface area contributed by atoms with Gasteiger partial charge in [0.1, 0.15) is 0 Å². The third-order valence-electron chi connectivity index (χ3n) is 5.33. The molecule has 1 aliphatic heterocycles. The van der Waals surface area contributed by atoms with Gasteiger partial charge in [0.2, 0.25) is 0 Å². The lowest BCUT2D eigenvalue weighted by Gasteiger charge is -2.29. The third kappa shape index (κ3) is 5.81. The Balaban J connectivity index is 1.59. The van der Waals surface area contributed by atoms with Crippen LogP contribution in [-0.4, -0.2) is 50.5 Å². The molecule has 29 heavy (non-hydrogen) atoms. The molecule has 1 saturated heterocycles. The van der Waals surface area contributed by atoms with Gasteiger partial charge in [0.05, 0.1) is 6.04 Å². The zero-order valence-electron chi connectivity index (χ0n) is 17.3. The highest BCUT2D eigenvalue weighted by Gasteiger charge is 2.23. The number of aliphatic imine (C=N–C) groups is 1. The number of carbonyl (C=O) groups excluding carboxylic acids is 1. The van der Waals surface area contributed by atoms with Gasteiger partial charge >= 0.3 is 0 Å². The van der Waals surface area contributed by atoms with E-state index in [0.717, 1.165) is 31.2 Å². The van der Waals surface area contributed by atoms with Gasteiger partial charge in [-0.1, -0.05) is 42.5 Å². The fourth-order valence-electron chi connectivity index (χ4n) is 3.75. The number of nitrogens with zero attached hydrogens (tertiary/aromatic N) is 2. The smallest absolute Gasteiger partial charge is 0.251 e. The Hall–Kier alpha value is -2.86. The summed E-state index contributed by atoms with van der Waals surface area (Å²) >= 11 is 0. The zero-order chi connectivity index (χ0) is 20.5. The molecule has 3 N–H and O–H groups in total. The molecule has 3 rings (SSSR count). The first-order chi connectivity index (χ1) is 14.2. The van der Waals surface area contributed by atoms with Crippen LogP contribution in [0.4, 0.5) is 0 Å². The molecular formula is C23H31N5O. The molecule has 6 nitrogen and oxygen atoms in total. The second-order valence-electron chi connectivity index (χ2n) is 7.26. The van der Waals surface area contributed by atoms with E-state index in [9.17, 15) is 4.79 Å². The van der Waals surface area contributed by atoms with Crippen LogP contribution in [0.5, 0.6) is 0 Å². The predicted octanol–water partition coefficient (Wildman–Crippen LogP) is 2.55. The lowest BCUT2D eigenvalue weighted by molar-refractivity contribution is 0.0963. The molecule has 1 fully saturated rings. The van der Waals surface area contributed by atoms with Gasteiger partial charge in [-0.25, -0.2) is 0 Å². The summed E-state index contributed by atoms with van der Waals surface area (Å²) < 4.78 is 0. The number of benzene rings is 2. The maximum atomic E-state index is 11.8. The molecule has 0 bridgehead atoms. The van der Waals surface area contributed by atoms with Crippen molar-refractivity contribution in [3.8, 4) is 0 Å². The molecule has 0 aromatic heterocycles. The normalized spacial score (nSPS) is 15.7. The number of amides is 1. The summed E-state index contributed by atoms with van der Waals surface area (Å²) in [7, 11) is 3.42. The highest BCUT2D eigenvalue weighted by molar-refractivity contribution is 5.94. The molecule has 154 valence electrons. The van der Waals surface area contributed by atoms with Gasteiger partial charge in [0.15, 0.2) is 5.96 Å². The molecule has 1 unspecified atom stereocenters. The van der Waals surface area contributed by atoms with Crippen molar-refractivity contribution < 1.29 is 4.79 Å². The summed E-state index contributed by atoms with van der Waals surface area (Å²) in [6.45, 7) is 3.67. The van der Waals surface area contributed by atoms with Gasteiger partial charge in [0.25, 0.3) is 5.91 Å². The van der Waals surface area contributed by atoms with Crippen LogP contribution < -0.4 is 16.0 Å². The van der Waals surface area contributed by atoms with Crippen LogP contribution in [0.3, 0.4) is 0 Å². The Bertz CT molecular complexity index is 815. The van der Waals surface area contributed by atoms with Gasteiger partial charge in [-0.15, -0.1) is 0 Å². The highest BCUT2D eigenvalue weighted by atomic mass is 16.1. The first kappa shape index (κ1) is 20.9. The van der Waals surface area contributed by atoms with E-state index in [4.69, 9.17) is 0 Å². The van der Waals surface area contributed by atoms with Crippen LogP contribution in [0.1, 0.15) is 40.4 Å². The summed E-state index contributed by atoms with van der Waals surface area (Å²) in [6.07, 6.45) is 2.52. The molecule has 1 atom stereocenters. The predicted molar refractivity (Wildman–Crippen MR) is 118 cm³/mol. The van der Waals surface area contributed by atoms with Gasteiger partial charge in [-0.05, 0) is 49.2 Å². The molecule has 0 aliphatic carbocycles. The van der Waals surface area contributed by atoms with Crippen molar-refractivity contribution in [1.82, 2.24) is 20.9 Å². The number of guanidine groups is 1. The van der Waals surface area contributed by atoms with Crippen LogP contribution in [0.15, 0.2) is 59.6 Å². The number of rotatable bonds is 7. The molecular weight excluding hydrogens is 362 g/mol. The van der Waals surface area contributed by atoms with Crippen molar-refractivity contribution in [3.05, 3.63) is 71.3 Å². The van der Waals surface area contributed by atoms with E-state index in [1.165, 1.54) is 18.4 Å². The van der Waals surface area contributed by atoms with Crippen LogP contribution in [-0.2, 0) is 6.54 Å². The van der Waals surface area contributed by atoms with Crippen molar-refractivity contribution >= 4 is 11.9 Å². The number of carbonyl (C=O) groups is 1. The fourth-order valence-corrected chi connectivity index (χ4v) is 3.75. The largest absolute Gasteiger partial charge is 0.355 e. The Morgan fingerprint density at radius 1 is 1.07 bits per heavy atom. The average molecular weight is 394 g/mol. The van der Waals surface area contributed by atoms with E-state index in [1.54, 1.807) is 14.1 Å². The summed E-state index contributed by atoms with van der Waals surface area (Å²) in [5.41, 5.74) is 3.02. The maximum absolute atomic E-state index is 11.8. The summed E-state index contributed by atoms with van der Waals surface area (Å²) in [6, 6.07) is 18.6. The van der Waals surface area contributed by atoms with Crippen molar-refractivity contribution in [1.29, 1.82) is 0 Å². The molecule has 2 aromatic carbocycles. The average Bonchev–Trinajstić information content (AvgIpc) is 3.31. The number of hydrogen-bond acceptors (Lipinski definition) is 3. The summed E-state index contributed by atoms with van der Waals surface area (Å²) in [5.74, 6) is 0.682. The second-order valence-corrected chi connectivity index (χ2v) is 7.26. The Morgan fingerprint density at radius 2 is 1.83 bits per heavy atom. The van der Waals surface area contributed by atoms with Gasteiger partial charge in [-0.3, -0.25) is 14.7 Å². The van der Waals surface area contributed by atoms with Crippen LogP contribution in [0.2, 0.25) is 0 Å². The summed E-state index contributed by atoms with van der Waals surface area (Å²) in [5, 5.41) is 9.50. The Labute approximate surface area is 173 Å². The standard InChI is InChI=1S/C23H31N5O/c1-24-22(29)20-12-8-9-18(15-20)16-26-23(25-2)27-17-21(28-13-6-7-14-28)19-10-4-3-5-11-19/h3-5,8-12,15,21H,6-7,13-14,16-17H2,1-2H3,(H,24,29)(H2,25,26,27). The van der Waals surface area contributed by atoms with Crippen molar-refractivity contribution in [2.45, 2.75) is 25.4 Å². The maximum Gasteiger partial charge on any atom is 0.251 e. The lowest BCUT2D eigenvalue weighted by atomic mass is 10.1. The summed E-state index contributed by atoms with van der Waals surface area (Å²) in [4.78, 5) is 18.7. The number of hydrogen-bond donors (Lipinski definition) is 3. The second kappa shape index (κ2) is 10.6. The molecule has 1 amide bonds. The topological polar surface area (TPSA) is 68.8 Å². The van der Waals surface area contributed by atoms with Gasteiger partial charge in [-0.2, -0.15) is 0 Å². The zero-order valence-corrected chi connectivity index (χ0v) is 17.3. The molecule has 0 spiro atoms. The van der Waals surface area contributed by atoms with E-state index < -0.39 is 0 Å². The number of likely N-dealkylation sites (tertiary alicyclic amines) is 1. The highest BCUT2D eigenvalue weighted by Crippen LogP contribution is 2.24. The quantitative estimate of drug-likeness (QED) is 0.500. The minimum absolute atomic E-state index is 0.0781. The van der Waals surface area contributed by atoms with E-state index in [0.29, 0.717) is 18.2 Å². The Morgan fingerprint density at radius 3 is 2.52 bits per heavy atom. The number of nitrogens with one attached hydrogen (secondary N) is 3. The molecule has 0 saturated carbocycles. The molecule has 1 heterocycles. The van der Waals surface area contributed by atoms with E-state index in [2.05, 4.69) is 56.2 Å². The van der Waals surface area contributed by atoms with Crippen LogP contribution in [0.25, 0.3) is 0 Å². The molecule has 1 aliphatic rings. The first-order valence-corrected chi connectivity index (χ1v) is 10.3. The molecule has 0 radical (unpaired) electrons. The minimum atomic E-state index is -0.0781. The first-order valence-electron chi connectivity index (χ1n) is 10.3. The molecule has 2 aromatic rings. The lowest BCUT2D eigenvalue weighted by Crippen LogP contribution is -2.42. The van der Waals surface area contributed by atoms with Crippen molar-refractivity contribution in [2.24, 2.45) is 4.99 Å². The Kier molecular flexibility index (Phi) is 7.64. The van der Waals surface area contributed by atoms with Crippen molar-refractivity contribution in [3.63, 3.8) is 0 Å². The monoisotopic (exact) mass is 393 g/mol. The van der Waals surface area contributed by atoms with Crippen molar-refractivity contribution in [2.75, 3.05) is 33.7 Å². The van der Waals surface area contributed by atoms with E-state index in [-0.39, 0.29) is 5.91 Å². The van der Waals surface area contributed by atoms with E-state index >= 15 is 0 Å². The van der Waals surface area contributed by atoms with Gasteiger partial charge < -0.3 is 16.0 Å². The third-order valence-corrected chi connectivity index (χ3v) is 5.33. The van der Waals surface area contributed by atoms with Gasteiger partial charge in [0, 0.05) is 32.7 Å². The minimum Gasteiger partial charge on any atom is -0.355 e. The molecule has 6 heteroatoms. The SMILES string of the molecule is CN=C(NCc1cccc(C(=O)NC)c1)NCC(c1ccccc1)N1CCCC1. The van der Waals surface area contributed by atoms with Crippen LogP contribution in [0, 0.1) is 0 Å². The fraction of sp³-hybridized carbons (Fsp3) is 0.391. The van der Waals surface area contributed by atoms with Crippen LogP contribution >= 0.6 is 0 Å². The van der Waals surface area contributed by atoms with E-state index in [1.807, 2.05) is 24.3 Å².